The molecule has 0 radical (unpaired) electrons. The number of benzene rings is 2. The van der Waals surface area contributed by atoms with Crippen molar-refractivity contribution in [1.82, 2.24) is 14.5 Å². The maximum Gasteiger partial charge on any atom is 0.268 e. The van der Waals surface area contributed by atoms with Gasteiger partial charge in [0, 0.05) is 46.6 Å². The molecule has 0 unspecified atom stereocenters. The summed E-state index contributed by atoms with van der Waals surface area (Å²) in [6, 6.07) is 17.4. The summed E-state index contributed by atoms with van der Waals surface area (Å²) < 4.78 is 18.4. The van der Waals surface area contributed by atoms with Gasteiger partial charge in [-0.2, -0.15) is 0 Å². The highest BCUT2D eigenvalue weighted by molar-refractivity contribution is 6.10. The van der Waals surface area contributed by atoms with Crippen LogP contribution in [0, 0.1) is 0 Å². The zero-order valence-electron chi connectivity index (χ0n) is 22.9. The lowest BCUT2D eigenvalue weighted by molar-refractivity contribution is 0.0971. The normalized spacial score (nSPS) is 12.6. The first-order valence-electron chi connectivity index (χ1n) is 13.3. The van der Waals surface area contributed by atoms with Crippen LogP contribution in [0.5, 0.6) is 23.0 Å². The monoisotopic (exact) mass is 562 g/mol. The first kappa shape index (κ1) is 26.7. The highest BCUT2D eigenvalue weighted by atomic mass is 16.5. The van der Waals surface area contributed by atoms with E-state index in [9.17, 15) is 14.4 Å². The van der Waals surface area contributed by atoms with Crippen LogP contribution in [-0.4, -0.2) is 40.4 Å². The molecular weight excluding hydrogens is 536 g/mol. The Kier molecular flexibility index (Phi) is 6.87. The summed E-state index contributed by atoms with van der Waals surface area (Å²) in [6.07, 6.45) is 4.45. The Bertz CT molecular complexity index is 1920. The lowest BCUT2D eigenvalue weighted by Gasteiger charge is -2.24. The maximum atomic E-state index is 13.8. The van der Waals surface area contributed by atoms with Crippen molar-refractivity contribution >= 4 is 22.6 Å². The van der Waals surface area contributed by atoms with E-state index in [0.29, 0.717) is 63.7 Å². The second kappa shape index (κ2) is 10.8. The van der Waals surface area contributed by atoms with Crippen molar-refractivity contribution in [2.24, 2.45) is 5.73 Å². The van der Waals surface area contributed by atoms with Crippen LogP contribution in [0.4, 0.5) is 0 Å². The summed E-state index contributed by atoms with van der Waals surface area (Å²) >= 11 is 0. The molecule has 3 heterocycles. The van der Waals surface area contributed by atoms with Crippen molar-refractivity contribution in [1.29, 1.82) is 0 Å². The summed E-state index contributed by atoms with van der Waals surface area (Å²) in [5, 5.41) is 0.694. The molecule has 1 amide bonds. The quantitative estimate of drug-likeness (QED) is 0.297. The number of rotatable bonds is 7. The molecule has 0 aliphatic heterocycles. The molecule has 1 aliphatic carbocycles. The van der Waals surface area contributed by atoms with Crippen LogP contribution in [0.2, 0.25) is 0 Å². The number of nitrogens with two attached hydrogens (primary N) is 1. The number of ketones is 1. The lowest BCUT2D eigenvalue weighted by atomic mass is 9.86. The van der Waals surface area contributed by atoms with E-state index >= 15 is 0 Å². The number of Topliss-reactive ketones (excluding diaryl/α,β-unsaturated/α-hetero) is 1. The minimum atomic E-state index is -0.935. The first-order valence-corrected chi connectivity index (χ1v) is 13.3. The summed E-state index contributed by atoms with van der Waals surface area (Å²) in [4.78, 5) is 48.8. The summed E-state index contributed by atoms with van der Waals surface area (Å²) in [7, 11) is 3.10. The van der Waals surface area contributed by atoms with E-state index in [1.165, 1.54) is 10.8 Å². The predicted molar refractivity (Wildman–Crippen MR) is 156 cm³/mol. The SMILES string of the molecule is COc1cc2nccc(Oc3ccc(-c4c5c(n(-c6ccccc6)c(=O)c4C(N)=O)CCCC5=O)nc3)c2cc1OC. The van der Waals surface area contributed by atoms with Crippen LogP contribution in [0.15, 0.2) is 77.9 Å². The number of aromatic nitrogens is 3. The second-order valence-electron chi connectivity index (χ2n) is 9.70. The summed E-state index contributed by atoms with van der Waals surface area (Å²) in [5.74, 6) is 0.850. The van der Waals surface area contributed by atoms with E-state index < -0.39 is 11.5 Å². The highest BCUT2D eigenvalue weighted by Crippen LogP contribution is 2.38. The number of pyridine rings is 3. The van der Waals surface area contributed by atoms with Crippen LogP contribution in [0.1, 0.15) is 39.3 Å². The Hall–Kier alpha value is -5.51. The van der Waals surface area contributed by atoms with Crippen LogP contribution in [-0.2, 0) is 6.42 Å². The van der Waals surface area contributed by atoms with Crippen molar-refractivity contribution in [3.05, 3.63) is 100 Å². The molecule has 3 aromatic heterocycles. The average molecular weight is 563 g/mol. The predicted octanol–water partition coefficient (Wildman–Crippen LogP) is 4.88. The van der Waals surface area contributed by atoms with E-state index in [0.717, 1.165) is 0 Å². The van der Waals surface area contributed by atoms with Crippen molar-refractivity contribution in [2.75, 3.05) is 14.2 Å². The Morgan fingerprint density at radius 2 is 1.64 bits per heavy atom. The fraction of sp³-hybridized carbons (Fsp3) is 0.156. The molecule has 10 nitrogen and oxygen atoms in total. The molecule has 0 atom stereocenters. The number of ether oxygens (including phenoxy) is 3. The molecule has 0 spiro atoms. The van der Waals surface area contributed by atoms with Gasteiger partial charge in [0.05, 0.1) is 31.6 Å². The number of hydrogen-bond donors (Lipinski definition) is 1. The molecule has 0 saturated carbocycles. The second-order valence-corrected chi connectivity index (χ2v) is 9.70. The van der Waals surface area contributed by atoms with Gasteiger partial charge in [-0.05, 0) is 49.2 Å². The number of para-hydroxylation sites is 1. The topological polar surface area (TPSA) is 136 Å². The highest BCUT2D eigenvalue weighted by Gasteiger charge is 2.32. The van der Waals surface area contributed by atoms with Gasteiger partial charge in [-0.15, -0.1) is 0 Å². The van der Waals surface area contributed by atoms with Crippen LogP contribution < -0.4 is 25.5 Å². The van der Waals surface area contributed by atoms with Crippen molar-refractivity contribution in [3.8, 4) is 39.9 Å². The fourth-order valence-corrected chi connectivity index (χ4v) is 5.39. The number of carbonyl (C=O) groups is 2. The van der Waals surface area contributed by atoms with Crippen molar-refractivity contribution < 1.29 is 23.8 Å². The summed E-state index contributed by atoms with van der Waals surface area (Å²) in [5.41, 5.74) is 7.34. The number of methoxy groups -OCH3 is 2. The Balaban J connectivity index is 1.46. The Morgan fingerprint density at radius 1 is 0.881 bits per heavy atom. The van der Waals surface area contributed by atoms with E-state index in [1.54, 1.807) is 75.0 Å². The minimum Gasteiger partial charge on any atom is -0.493 e. The zero-order valence-corrected chi connectivity index (χ0v) is 22.9. The molecular formula is C32H26N4O6. The molecule has 1 aliphatic rings. The number of fused-ring (bicyclic) bond motifs is 2. The number of carbonyl (C=O) groups excluding carboxylic acids is 2. The third kappa shape index (κ3) is 4.52. The molecule has 210 valence electrons. The molecule has 6 rings (SSSR count). The van der Waals surface area contributed by atoms with Crippen LogP contribution in [0.3, 0.4) is 0 Å². The van der Waals surface area contributed by atoms with E-state index in [-0.39, 0.29) is 29.0 Å². The number of hydrogen-bond acceptors (Lipinski definition) is 8. The number of amides is 1. The lowest BCUT2D eigenvalue weighted by Crippen LogP contribution is -2.35. The molecule has 2 N–H and O–H groups in total. The number of primary amides is 1. The van der Waals surface area contributed by atoms with Gasteiger partial charge in [-0.3, -0.25) is 28.9 Å². The molecule has 42 heavy (non-hydrogen) atoms. The van der Waals surface area contributed by atoms with E-state index in [2.05, 4.69) is 9.97 Å². The summed E-state index contributed by atoms with van der Waals surface area (Å²) in [6.45, 7) is 0. The third-order valence-electron chi connectivity index (χ3n) is 7.26. The first-order chi connectivity index (χ1) is 20.4. The number of nitrogens with zero attached hydrogens (tertiary/aromatic N) is 3. The van der Waals surface area contributed by atoms with Gasteiger partial charge in [0.2, 0.25) is 0 Å². The molecule has 0 saturated heterocycles. The standard InChI is InChI=1S/C32H26N4O6/c1-40-26-15-20-22(16-27(26)41-2)34-14-13-25(20)42-19-11-12-21(35-17-19)28-29-23(9-6-10-24(29)37)36(18-7-4-3-5-8-18)32(39)30(28)31(33)38/h3-5,7-8,11-17H,6,9-10H2,1-2H3,(H2,33,38). The van der Waals surface area contributed by atoms with E-state index in [4.69, 9.17) is 19.9 Å². The molecule has 0 fully saturated rings. The molecule has 5 aromatic rings. The van der Waals surface area contributed by atoms with Gasteiger partial charge >= 0.3 is 0 Å². The van der Waals surface area contributed by atoms with Gasteiger partial charge in [-0.1, -0.05) is 18.2 Å². The smallest absolute Gasteiger partial charge is 0.268 e. The van der Waals surface area contributed by atoms with Gasteiger partial charge in [0.15, 0.2) is 17.3 Å². The zero-order chi connectivity index (χ0) is 29.4. The Morgan fingerprint density at radius 3 is 2.33 bits per heavy atom. The van der Waals surface area contributed by atoms with Gasteiger partial charge < -0.3 is 19.9 Å². The van der Waals surface area contributed by atoms with Gasteiger partial charge in [0.1, 0.15) is 17.1 Å². The largest absolute Gasteiger partial charge is 0.493 e. The van der Waals surface area contributed by atoms with E-state index in [1.807, 2.05) is 6.07 Å². The fourth-order valence-electron chi connectivity index (χ4n) is 5.39. The Labute approximate surface area is 240 Å². The molecule has 2 aromatic carbocycles. The average Bonchev–Trinajstić information content (AvgIpc) is 3.00. The van der Waals surface area contributed by atoms with Gasteiger partial charge in [-0.25, -0.2) is 0 Å². The van der Waals surface area contributed by atoms with Crippen molar-refractivity contribution in [3.63, 3.8) is 0 Å². The van der Waals surface area contributed by atoms with Gasteiger partial charge in [0.25, 0.3) is 11.5 Å². The third-order valence-corrected chi connectivity index (χ3v) is 7.26. The van der Waals surface area contributed by atoms with Crippen molar-refractivity contribution in [2.45, 2.75) is 19.3 Å². The van der Waals surface area contributed by atoms with Crippen LogP contribution >= 0.6 is 0 Å². The molecule has 10 heteroatoms. The maximum absolute atomic E-state index is 13.8. The minimum absolute atomic E-state index is 0.150. The van der Waals surface area contributed by atoms with Crippen LogP contribution in [0.25, 0.3) is 27.8 Å². The molecule has 0 bridgehead atoms.